The van der Waals surface area contributed by atoms with E-state index in [2.05, 4.69) is 15.3 Å². The van der Waals surface area contributed by atoms with E-state index in [0.717, 1.165) is 21.5 Å². The van der Waals surface area contributed by atoms with Gasteiger partial charge in [-0.25, -0.2) is 13.4 Å². The molecule has 1 aliphatic heterocycles. The molecule has 2 aromatic rings. The summed E-state index contributed by atoms with van der Waals surface area (Å²) in [5.41, 5.74) is 1.77. The van der Waals surface area contributed by atoms with Crippen LogP contribution in [0.25, 0.3) is 10.9 Å². The molecule has 1 amide bonds. The van der Waals surface area contributed by atoms with Crippen LogP contribution in [0.4, 0.5) is 5.82 Å². The number of anilines is 1. The van der Waals surface area contributed by atoms with Gasteiger partial charge in [0.25, 0.3) is 5.91 Å². The molecule has 3 heterocycles. The molecule has 29 heavy (non-hydrogen) atoms. The average molecular weight is 435 g/mol. The fourth-order valence-corrected chi connectivity index (χ4v) is 5.40. The molecule has 1 fully saturated rings. The van der Waals surface area contributed by atoms with E-state index >= 15 is 0 Å². The Morgan fingerprint density at radius 2 is 2.07 bits per heavy atom. The molecule has 0 radical (unpaired) electrons. The highest BCUT2D eigenvalue weighted by atomic mass is 35.5. The number of sulfone groups is 1. The lowest BCUT2D eigenvalue weighted by atomic mass is 9.93. The Kier molecular flexibility index (Phi) is 4.94. The molecule has 1 atom stereocenters. The Hall–Kier alpha value is -2.32. The number of aryl methyl sites for hydroxylation is 1. The minimum absolute atomic E-state index is 0.0000359. The minimum Gasteiger partial charge on any atom is -0.359 e. The highest BCUT2D eigenvalue weighted by Gasteiger charge is 2.29. The largest absolute Gasteiger partial charge is 0.359 e. The van der Waals surface area contributed by atoms with Crippen LogP contribution in [-0.2, 0) is 9.84 Å². The molecule has 0 saturated carbocycles. The summed E-state index contributed by atoms with van der Waals surface area (Å²) >= 11 is 6.21. The van der Waals surface area contributed by atoms with Gasteiger partial charge in [-0.2, -0.15) is 0 Å². The van der Waals surface area contributed by atoms with Crippen molar-refractivity contribution in [1.82, 2.24) is 14.9 Å². The van der Waals surface area contributed by atoms with Gasteiger partial charge in [-0.3, -0.25) is 4.79 Å². The molecule has 2 N–H and O–H groups in total. The number of hydrogen-bond acceptors (Lipinski definition) is 5. The Balaban J connectivity index is 1.67. The van der Waals surface area contributed by atoms with Gasteiger partial charge >= 0.3 is 0 Å². The standard InChI is InChI=1S/C20H23ClN4O3S/c1-13-11-22-17-16(13)15(19(26)25-6-8-29(27,28)9-7-25)12-23-18(17)24-20(2)5-3-4-14(21)10-20/h3-5,11-12,22H,6-10H2,1-2H3,(H,23,24). The van der Waals surface area contributed by atoms with Crippen molar-refractivity contribution in [1.29, 1.82) is 0 Å². The van der Waals surface area contributed by atoms with Crippen LogP contribution in [0.1, 0.15) is 29.3 Å². The molecule has 0 aromatic carbocycles. The molecule has 7 nitrogen and oxygen atoms in total. The van der Waals surface area contributed by atoms with Gasteiger partial charge in [-0.05, 0) is 25.5 Å². The van der Waals surface area contributed by atoms with Crippen LogP contribution in [0.3, 0.4) is 0 Å². The summed E-state index contributed by atoms with van der Waals surface area (Å²) in [5.74, 6) is 0.450. The second kappa shape index (κ2) is 7.18. The van der Waals surface area contributed by atoms with Crippen LogP contribution in [0, 0.1) is 6.92 Å². The molecule has 0 bridgehead atoms. The number of H-pyrrole nitrogens is 1. The number of rotatable bonds is 3. The summed E-state index contributed by atoms with van der Waals surface area (Å²) in [6.07, 6.45) is 9.88. The number of pyridine rings is 1. The number of allylic oxidation sites excluding steroid dienone is 2. The molecule has 2 aromatic heterocycles. The van der Waals surface area contributed by atoms with E-state index in [1.54, 1.807) is 11.1 Å². The molecule has 9 heteroatoms. The number of aromatic nitrogens is 2. The van der Waals surface area contributed by atoms with Crippen LogP contribution in [0.2, 0.25) is 0 Å². The van der Waals surface area contributed by atoms with Gasteiger partial charge in [0.15, 0.2) is 15.7 Å². The van der Waals surface area contributed by atoms with Crippen molar-refractivity contribution in [2.24, 2.45) is 0 Å². The van der Waals surface area contributed by atoms with Crippen LogP contribution >= 0.6 is 11.6 Å². The third-order valence-corrected chi connectivity index (χ3v) is 7.32. The lowest BCUT2D eigenvalue weighted by Gasteiger charge is -2.30. The van der Waals surface area contributed by atoms with E-state index in [0.29, 0.717) is 17.8 Å². The highest BCUT2D eigenvalue weighted by molar-refractivity contribution is 7.91. The lowest BCUT2D eigenvalue weighted by molar-refractivity contribution is 0.0772. The van der Waals surface area contributed by atoms with Gasteiger partial charge in [-0.1, -0.05) is 23.8 Å². The fraction of sp³-hybridized carbons (Fsp3) is 0.400. The van der Waals surface area contributed by atoms with E-state index in [4.69, 9.17) is 11.6 Å². The third-order valence-electron chi connectivity index (χ3n) is 5.45. The number of aromatic amines is 1. The van der Waals surface area contributed by atoms with Gasteiger partial charge in [0, 0.05) is 42.3 Å². The third kappa shape index (κ3) is 3.91. The molecule has 1 saturated heterocycles. The minimum atomic E-state index is -3.05. The molecule has 0 spiro atoms. The first kappa shape index (κ1) is 20.0. The second-order valence-electron chi connectivity index (χ2n) is 7.88. The summed E-state index contributed by atoms with van der Waals surface area (Å²) in [5, 5.41) is 5.00. The van der Waals surface area contributed by atoms with Crippen LogP contribution in [-0.4, -0.2) is 59.3 Å². The van der Waals surface area contributed by atoms with E-state index in [1.165, 1.54) is 0 Å². The van der Waals surface area contributed by atoms with E-state index in [1.807, 2.05) is 38.3 Å². The first-order valence-electron chi connectivity index (χ1n) is 9.46. The number of carbonyl (C=O) groups excluding carboxylic acids is 1. The fourth-order valence-electron chi connectivity index (χ4n) is 3.85. The summed E-state index contributed by atoms with van der Waals surface area (Å²) in [7, 11) is -3.05. The van der Waals surface area contributed by atoms with Crippen LogP contribution in [0.15, 0.2) is 35.7 Å². The maximum Gasteiger partial charge on any atom is 0.256 e. The summed E-state index contributed by atoms with van der Waals surface area (Å²) < 4.78 is 23.4. The number of amides is 1. The van der Waals surface area contributed by atoms with Gasteiger partial charge in [0.2, 0.25) is 0 Å². The number of carbonyl (C=O) groups is 1. The van der Waals surface area contributed by atoms with Gasteiger partial charge in [0.1, 0.15) is 0 Å². The zero-order chi connectivity index (χ0) is 20.8. The predicted molar refractivity (Wildman–Crippen MR) is 115 cm³/mol. The first-order valence-corrected chi connectivity index (χ1v) is 11.7. The number of halogens is 1. The number of nitrogens with zero attached hydrogens (tertiary/aromatic N) is 2. The maximum absolute atomic E-state index is 13.1. The molecule has 1 unspecified atom stereocenters. The van der Waals surface area contributed by atoms with Gasteiger partial charge in [0.05, 0.1) is 28.1 Å². The first-order chi connectivity index (χ1) is 13.7. The molecular weight excluding hydrogens is 412 g/mol. The monoisotopic (exact) mass is 434 g/mol. The highest BCUT2D eigenvalue weighted by Crippen LogP contribution is 2.33. The SMILES string of the molecule is Cc1c[nH]c2c(NC3(C)C=CC=C(Cl)C3)ncc(C(=O)N3CCS(=O)(=O)CC3)c12. The van der Waals surface area contributed by atoms with Crippen molar-refractivity contribution < 1.29 is 13.2 Å². The lowest BCUT2D eigenvalue weighted by Crippen LogP contribution is -2.43. The summed E-state index contributed by atoms with van der Waals surface area (Å²) in [6, 6.07) is 0. The second-order valence-corrected chi connectivity index (χ2v) is 10.7. The number of fused-ring (bicyclic) bond motifs is 1. The molecule has 154 valence electrons. The zero-order valence-electron chi connectivity index (χ0n) is 16.3. The topological polar surface area (TPSA) is 95.2 Å². The van der Waals surface area contributed by atoms with Crippen LogP contribution < -0.4 is 5.32 Å². The van der Waals surface area contributed by atoms with Crippen molar-refractivity contribution in [2.75, 3.05) is 29.9 Å². The van der Waals surface area contributed by atoms with Crippen molar-refractivity contribution in [3.8, 4) is 0 Å². The van der Waals surface area contributed by atoms with Crippen molar-refractivity contribution >= 4 is 44.1 Å². The Morgan fingerprint density at radius 3 is 2.76 bits per heavy atom. The molecule has 2 aliphatic rings. The molecule has 1 aliphatic carbocycles. The van der Waals surface area contributed by atoms with E-state index < -0.39 is 15.4 Å². The predicted octanol–water partition coefficient (Wildman–Crippen LogP) is 3.00. The molecular formula is C20H23ClN4O3S. The van der Waals surface area contributed by atoms with Crippen molar-refractivity contribution in [3.63, 3.8) is 0 Å². The normalized spacial score (nSPS) is 23.8. The van der Waals surface area contributed by atoms with E-state index in [9.17, 15) is 13.2 Å². The van der Waals surface area contributed by atoms with Gasteiger partial charge in [-0.15, -0.1) is 0 Å². The summed E-state index contributed by atoms with van der Waals surface area (Å²) in [6.45, 7) is 4.39. The van der Waals surface area contributed by atoms with Crippen molar-refractivity contribution in [3.05, 3.63) is 46.8 Å². The average Bonchev–Trinajstić information content (AvgIpc) is 3.03. The Labute approximate surface area is 174 Å². The smallest absolute Gasteiger partial charge is 0.256 e. The maximum atomic E-state index is 13.1. The summed E-state index contributed by atoms with van der Waals surface area (Å²) in [4.78, 5) is 22.4. The van der Waals surface area contributed by atoms with Gasteiger partial charge < -0.3 is 15.2 Å². The number of nitrogens with one attached hydrogen (secondary N) is 2. The number of hydrogen-bond donors (Lipinski definition) is 2. The van der Waals surface area contributed by atoms with Crippen LogP contribution in [0.5, 0.6) is 0 Å². The van der Waals surface area contributed by atoms with E-state index in [-0.39, 0.29) is 30.5 Å². The van der Waals surface area contributed by atoms with Crippen molar-refractivity contribution in [2.45, 2.75) is 25.8 Å². The quantitative estimate of drug-likeness (QED) is 0.774. The Morgan fingerprint density at radius 1 is 1.34 bits per heavy atom. The zero-order valence-corrected chi connectivity index (χ0v) is 17.9. The molecule has 4 rings (SSSR count). The Bertz CT molecular complexity index is 1140.